The van der Waals surface area contributed by atoms with Gasteiger partial charge in [0.15, 0.2) is 0 Å². The second-order valence-corrected chi connectivity index (χ2v) is 6.23. The van der Waals surface area contributed by atoms with Crippen LogP contribution in [0, 0.1) is 0 Å². The Morgan fingerprint density at radius 1 is 1.25 bits per heavy atom. The summed E-state index contributed by atoms with van der Waals surface area (Å²) < 4.78 is 17.3. The Hall–Kier alpha value is -1.88. The van der Waals surface area contributed by atoms with Gasteiger partial charge >= 0.3 is 5.97 Å². The van der Waals surface area contributed by atoms with Crippen molar-refractivity contribution in [2.75, 3.05) is 0 Å². The lowest BCUT2D eigenvalue weighted by atomic mass is 10.0. The van der Waals surface area contributed by atoms with Crippen LogP contribution in [0.1, 0.15) is 41.4 Å². The molecule has 0 bridgehead atoms. The van der Waals surface area contributed by atoms with Crippen LogP contribution >= 0.6 is 0 Å². The van der Waals surface area contributed by atoms with Crippen molar-refractivity contribution in [3.05, 3.63) is 53.5 Å². The third kappa shape index (κ3) is 3.17. The minimum Gasteiger partial charge on any atom is -0.478 e. The zero-order chi connectivity index (χ0) is 14.7. The fourth-order valence-corrected chi connectivity index (χ4v) is 2.92. The van der Waals surface area contributed by atoms with Gasteiger partial charge in [0.2, 0.25) is 0 Å². The van der Waals surface area contributed by atoms with Gasteiger partial charge in [-0.15, -0.1) is 0 Å². The summed E-state index contributed by atoms with van der Waals surface area (Å²) in [6.45, 7) is 4.18. The van der Waals surface area contributed by atoms with E-state index in [1.165, 1.54) is 17.9 Å². The first-order chi connectivity index (χ1) is 9.49. The van der Waals surface area contributed by atoms with Crippen LogP contribution in [-0.2, 0) is 16.6 Å². The fraction of sp³-hybridized carbons (Fsp3) is 0.267. The minimum atomic E-state index is -1.32. The van der Waals surface area contributed by atoms with E-state index in [1.54, 1.807) is 0 Å². The van der Waals surface area contributed by atoms with Crippen LogP contribution < -0.4 is 0 Å². The molecule has 1 heterocycles. The highest BCUT2D eigenvalue weighted by Crippen LogP contribution is 2.20. The number of furan rings is 1. The topological polar surface area (TPSA) is 67.5 Å². The SMILES string of the molecule is CC(C)c1ccc(S(=O)Cc2occc2C(=O)O)cc1. The largest absolute Gasteiger partial charge is 0.478 e. The van der Waals surface area contributed by atoms with E-state index in [4.69, 9.17) is 9.52 Å². The molecule has 0 amide bonds. The molecule has 0 spiro atoms. The van der Waals surface area contributed by atoms with Gasteiger partial charge in [-0.3, -0.25) is 4.21 Å². The van der Waals surface area contributed by atoms with Gasteiger partial charge in [-0.1, -0.05) is 26.0 Å². The molecule has 0 aliphatic heterocycles. The molecule has 1 aromatic heterocycles. The molecule has 0 saturated heterocycles. The van der Waals surface area contributed by atoms with Crippen molar-refractivity contribution in [1.29, 1.82) is 0 Å². The third-order valence-corrected chi connectivity index (χ3v) is 4.37. The molecular formula is C15H16O4S. The highest BCUT2D eigenvalue weighted by Gasteiger charge is 2.16. The lowest BCUT2D eigenvalue weighted by molar-refractivity contribution is 0.0695. The molecule has 0 fully saturated rings. The first kappa shape index (κ1) is 14.5. The molecule has 106 valence electrons. The molecule has 4 nitrogen and oxygen atoms in total. The highest BCUT2D eigenvalue weighted by molar-refractivity contribution is 7.84. The van der Waals surface area contributed by atoms with Crippen LogP contribution in [0.2, 0.25) is 0 Å². The molecule has 0 saturated carbocycles. The number of carbonyl (C=O) groups is 1. The summed E-state index contributed by atoms with van der Waals surface area (Å²) in [6, 6.07) is 8.89. The average molecular weight is 292 g/mol. The van der Waals surface area contributed by atoms with Crippen LogP contribution in [0.15, 0.2) is 45.9 Å². The molecular weight excluding hydrogens is 276 g/mol. The van der Waals surface area contributed by atoms with Crippen LogP contribution in [0.5, 0.6) is 0 Å². The molecule has 1 aromatic carbocycles. The molecule has 0 aliphatic rings. The van der Waals surface area contributed by atoms with E-state index in [2.05, 4.69) is 13.8 Å². The Balaban J connectivity index is 2.15. The van der Waals surface area contributed by atoms with E-state index in [0.29, 0.717) is 10.8 Å². The Morgan fingerprint density at radius 3 is 2.45 bits per heavy atom. The van der Waals surface area contributed by atoms with Gasteiger partial charge < -0.3 is 9.52 Å². The maximum absolute atomic E-state index is 12.2. The Kier molecular flexibility index (Phi) is 4.39. The Morgan fingerprint density at radius 2 is 1.90 bits per heavy atom. The number of hydrogen-bond donors (Lipinski definition) is 1. The maximum atomic E-state index is 12.2. The van der Waals surface area contributed by atoms with E-state index in [0.717, 1.165) is 0 Å². The van der Waals surface area contributed by atoms with Crippen molar-refractivity contribution < 1.29 is 18.5 Å². The molecule has 2 aromatic rings. The molecule has 0 radical (unpaired) electrons. The summed E-state index contributed by atoms with van der Waals surface area (Å²) >= 11 is 0. The number of carboxylic acid groups (broad SMARTS) is 1. The third-order valence-electron chi connectivity index (χ3n) is 3.05. The summed E-state index contributed by atoms with van der Waals surface area (Å²) in [5, 5.41) is 8.98. The van der Waals surface area contributed by atoms with Gasteiger partial charge in [-0.2, -0.15) is 0 Å². The highest BCUT2D eigenvalue weighted by atomic mass is 32.2. The summed E-state index contributed by atoms with van der Waals surface area (Å²) in [4.78, 5) is 11.6. The van der Waals surface area contributed by atoms with Crippen LogP contribution in [0.25, 0.3) is 0 Å². The lowest BCUT2D eigenvalue weighted by Crippen LogP contribution is -2.02. The fourth-order valence-electron chi connectivity index (χ4n) is 1.85. The molecule has 0 aliphatic carbocycles. The first-order valence-electron chi connectivity index (χ1n) is 6.27. The minimum absolute atomic E-state index is 0.0651. The van der Waals surface area contributed by atoms with Gasteiger partial charge in [0.05, 0.1) is 22.8 Å². The van der Waals surface area contributed by atoms with E-state index in [1.807, 2.05) is 24.3 Å². The van der Waals surface area contributed by atoms with Crippen LogP contribution in [0.4, 0.5) is 0 Å². The van der Waals surface area contributed by atoms with E-state index in [9.17, 15) is 9.00 Å². The van der Waals surface area contributed by atoms with Gasteiger partial charge in [-0.05, 0) is 29.7 Å². The molecule has 20 heavy (non-hydrogen) atoms. The summed E-state index contributed by atoms with van der Waals surface area (Å²) in [6.07, 6.45) is 1.30. The van der Waals surface area contributed by atoms with Crippen molar-refractivity contribution in [3.63, 3.8) is 0 Å². The smallest absolute Gasteiger partial charge is 0.339 e. The van der Waals surface area contributed by atoms with Gasteiger partial charge in [0.25, 0.3) is 0 Å². The maximum Gasteiger partial charge on any atom is 0.339 e. The second kappa shape index (κ2) is 6.05. The molecule has 5 heteroatoms. The van der Waals surface area contributed by atoms with E-state index >= 15 is 0 Å². The average Bonchev–Trinajstić information content (AvgIpc) is 2.87. The summed E-state index contributed by atoms with van der Waals surface area (Å²) in [7, 11) is -1.32. The lowest BCUT2D eigenvalue weighted by Gasteiger charge is -2.06. The predicted octanol–water partition coefficient (Wildman–Crippen LogP) is 3.41. The Labute approximate surface area is 119 Å². The van der Waals surface area contributed by atoms with Gasteiger partial charge in [-0.25, -0.2) is 4.79 Å². The number of rotatable bonds is 5. The molecule has 2 rings (SSSR count). The zero-order valence-corrected chi connectivity index (χ0v) is 12.1. The summed E-state index contributed by atoms with van der Waals surface area (Å²) in [5.74, 6) is -0.346. The zero-order valence-electron chi connectivity index (χ0n) is 11.3. The van der Waals surface area contributed by atoms with Crippen molar-refractivity contribution in [3.8, 4) is 0 Å². The number of carboxylic acids is 1. The quantitative estimate of drug-likeness (QED) is 0.917. The van der Waals surface area contributed by atoms with Gasteiger partial charge in [0, 0.05) is 4.90 Å². The van der Waals surface area contributed by atoms with E-state index < -0.39 is 16.8 Å². The number of hydrogen-bond acceptors (Lipinski definition) is 3. The normalized spacial score (nSPS) is 12.6. The monoisotopic (exact) mass is 292 g/mol. The first-order valence-corrected chi connectivity index (χ1v) is 7.59. The standard InChI is InChI=1S/C15H16O4S/c1-10(2)11-3-5-12(6-4-11)20(18)9-14-13(15(16)17)7-8-19-14/h3-8,10H,9H2,1-2H3,(H,16,17). The van der Waals surface area contributed by atoms with Crippen molar-refractivity contribution in [2.24, 2.45) is 0 Å². The van der Waals surface area contributed by atoms with Crippen molar-refractivity contribution in [2.45, 2.75) is 30.4 Å². The summed E-state index contributed by atoms with van der Waals surface area (Å²) in [5.41, 5.74) is 1.24. The van der Waals surface area contributed by atoms with Crippen molar-refractivity contribution in [1.82, 2.24) is 0 Å². The van der Waals surface area contributed by atoms with E-state index in [-0.39, 0.29) is 17.1 Å². The second-order valence-electron chi connectivity index (χ2n) is 4.78. The van der Waals surface area contributed by atoms with Crippen molar-refractivity contribution >= 4 is 16.8 Å². The molecule has 1 atom stereocenters. The van der Waals surface area contributed by atoms with Crippen LogP contribution in [0.3, 0.4) is 0 Å². The number of benzene rings is 1. The predicted molar refractivity (Wildman–Crippen MR) is 76.3 cm³/mol. The van der Waals surface area contributed by atoms with Gasteiger partial charge in [0.1, 0.15) is 11.3 Å². The van der Waals surface area contributed by atoms with Crippen LogP contribution in [-0.4, -0.2) is 15.3 Å². The molecule has 1 unspecified atom stereocenters. The number of aromatic carboxylic acids is 1. The molecule has 1 N–H and O–H groups in total. The Bertz CT molecular complexity index is 626.